The van der Waals surface area contributed by atoms with Crippen molar-refractivity contribution in [2.24, 2.45) is 5.92 Å². The second-order valence-corrected chi connectivity index (χ2v) is 11.1. The molecule has 5 aliphatic rings. The topological polar surface area (TPSA) is 59.0 Å². The van der Waals surface area contributed by atoms with E-state index in [1.807, 2.05) is 12.1 Å². The number of hydrogen-bond acceptors (Lipinski definition) is 5. The van der Waals surface area contributed by atoms with Crippen LogP contribution in [0.1, 0.15) is 55.2 Å². The van der Waals surface area contributed by atoms with E-state index in [4.69, 9.17) is 9.47 Å². The molecule has 0 aromatic heterocycles. The Bertz CT molecular complexity index is 1130. The lowest BCUT2D eigenvalue weighted by Gasteiger charge is -2.62. The lowest BCUT2D eigenvalue weighted by molar-refractivity contribution is -0.188. The molecule has 2 saturated carbocycles. The summed E-state index contributed by atoms with van der Waals surface area (Å²) in [4.78, 5) is 15.7. The summed E-state index contributed by atoms with van der Waals surface area (Å²) >= 11 is 0. The fraction of sp³-hybridized carbons (Fsp3) is 0.552. The van der Waals surface area contributed by atoms with Crippen LogP contribution in [0.4, 0.5) is 0 Å². The summed E-state index contributed by atoms with van der Waals surface area (Å²) in [5.74, 6) is 2.37. The van der Waals surface area contributed by atoms with Crippen molar-refractivity contribution in [2.75, 3.05) is 19.7 Å². The van der Waals surface area contributed by atoms with E-state index < -0.39 is 17.1 Å². The first-order valence-electron chi connectivity index (χ1n) is 13.1. The Kier molecular flexibility index (Phi) is 4.66. The molecule has 0 amide bonds. The van der Waals surface area contributed by atoms with E-state index in [9.17, 15) is 9.90 Å². The molecule has 2 bridgehead atoms. The van der Waals surface area contributed by atoms with Crippen molar-refractivity contribution < 1.29 is 19.4 Å². The average Bonchev–Trinajstić information content (AvgIpc) is 3.59. The number of piperidine rings is 1. The summed E-state index contributed by atoms with van der Waals surface area (Å²) in [5, 5.41) is 12.3. The standard InChI is InChI=1S/C29H33NO4/c31-22-12-13-29(32)24-17-21-10-11-23(33-16-4-7-19-5-2-1-3-6-19)26-25(21)28(29,27(22)34-26)14-15-30(24)18-20-8-9-20/h1-3,5-6,10-11,20,24,27,32H,4,7-9,12-18H2/t24-,27+,28+,29-/m1/s1. The first kappa shape index (κ1) is 21.0. The fourth-order valence-electron chi connectivity index (χ4n) is 7.47. The van der Waals surface area contributed by atoms with E-state index in [0.29, 0.717) is 19.4 Å². The minimum absolute atomic E-state index is 0.0668. The molecule has 3 fully saturated rings. The number of Topliss-reactive ketones (excluding diaryl/α,β-unsaturated/α-hetero) is 1. The van der Waals surface area contributed by atoms with Crippen molar-refractivity contribution in [2.45, 2.75) is 74.5 Å². The van der Waals surface area contributed by atoms with Gasteiger partial charge >= 0.3 is 0 Å². The Morgan fingerprint density at radius 1 is 1.12 bits per heavy atom. The lowest BCUT2D eigenvalue weighted by atomic mass is 9.49. The van der Waals surface area contributed by atoms with Gasteiger partial charge in [-0.2, -0.15) is 0 Å². The highest BCUT2D eigenvalue weighted by molar-refractivity contribution is 5.90. The summed E-state index contributed by atoms with van der Waals surface area (Å²) in [6, 6.07) is 14.7. The quantitative estimate of drug-likeness (QED) is 0.638. The van der Waals surface area contributed by atoms with E-state index in [0.717, 1.165) is 61.8 Å². The van der Waals surface area contributed by atoms with Gasteiger partial charge in [0.2, 0.25) is 0 Å². The van der Waals surface area contributed by atoms with Crippen LogP contribution in [-0.4, -0.2) is 53.2 Å². The first-order valence-corrected chi connectivity index (χ1v) is 13.1. The van der Waals surface area contributed by atoms with Crippen LogP contribution in [0.25, 0.3) is 0 Å². The van der Waals surface area contributed by atoms with Crippen LogP contribution in [-0.2, 0) is 23.1 Å². The van der Waals surface area contributed by atoms with E-state index in [1.54, 1.807) is 0 Å². The average molecular weight is 460 g/mol. The van der Waals surface area contributed by atoms with E-state index in [1.165, 1.54) is 24.0 Å². The Morgan fingerprint density at radius 3 is 2.79 bits per heavy atom. The first-order chi connectivity index (χ1) is 16.6. The van der Waals surface area contributed by atoms with Crippen LogP contribution in [0.2, 0.25) is 0 Å². The number of ketones is 1. The van der Waals surface area contributed by atoms with Crippen molar-refractivity contribution >= 4 is 5.78 Å². The third-order valence-corrected chi connectivity index (χ3v) is 9.25. The summed E-state index contributed by atoms with van der Waals surface area (Å²) in [6.07, 6.45) is 6.45. The molecule has 2 aliphatic heterocycles. The molecule has 2 heterocycles. The molecule has 178 valence electrons. The molecule has 5 nitrogen and oxygen atoms in total. The Labute approximate surface area is 201 Å². The highest BCUT2D eigenvalue weighted by Gasteiger charge is 2.73. The van der Waals surface area contributed by atoms with Crippen LogP contribution in [0.3, 0.4) is 0 Å². The fourth-order valence-corrected chi connectivity index (χ4v) is 7.47. The molecule has 5 heteroatoms. The summed E-state index contributed by atoms with van der Waals surface area (Å²) in [5.41, 5.74) is 2.08. The van der Waals surface area contributed by atoms with Gasteiger partial charge in [0.05, 0.1) is 17.6 Å². The van der Waals surface area contributed by atoms with Gasteiger partial charge < -0.3 is 14.6 Å². The van der Waals surface area contributed by atoms with Crippen molar-refractivity contribution in [3.63, 3.8) is 0 Å². The van der Waals surface area contributed by atoms with E-state index in [-0.39, 0.29) is 11.8 Å². The number of nitrogens with zero attached hydrogens (tertiary/aromatic N) is 1. The van der Waals surface area contributed by atoms with Gasteiger partial charge in [-0.25, -0.2) is 0 Å². The van der Waals surface area contributed by atoms with Gasteiger partial charge in [0.1, 0.15) is 0 Å². The summed E-state index contributed by atoms with van der Waals surface area (Å²) in [7, 11) is 0. The molecule has 0 unspecified atom stereocenters. The van der Waals surface area contributed by atoms with Gasteiger partial charge in [0.25, 0.3) is 0 Å². The van der Waals surface area contributed by atoms with Crippen molar-refractivity contribution in [1.82, 2.24) is 4.90 Å². The Morgan fingerprint density at radius 2 is 1.97 bits per heavy atom. The molecule has 2 aromatic rings. The molecular weight excluding hydrogens is 426 g/mol. The molecule has 4 atom stereocenters. The van der Waals surface area contributed by atoms with Crippen LogP contribution in [0.5, 0.6) is 11.5 Å². The van der Waals surface area contributed by atoms with Crippen molar-refractivity contribution in [1.29, 1.82) is 0 Å². The highest BCUT2D eigenvalue weighted by atomic mass is 16.5. The van der Waals surface area contributed by atoms with Crippen molar-refractivity contribution in [3.8, 4) is 11.5 Å². The predicted molar refractivity (Wildman–Crippen MR) is 128 cm³/mol. The third kappa shape index (κ3) is 2.89. The number of ether oxygens (including phenoxy) is 2. The van der Waals surface area contributed by atoms with Gasteiger partial charge in [-0.3, -0.25) is 9.69 Å². The molecule has 2 aromatic carbocycles. The Hall–Kier alpha value is -2.37. The molecular formula is C29H33NO4. The monoisotopic (exact) mass is 459 g/mol. The highest BCUT2D eigenvalue weighted by Crippen LogP contribution is 2.65. The zero-order valence-corrected chi connectivity index (χ0v) is 19.7. The largest absolute Gasteiger partial charge is 0.490 e. The number of likely N-dealkylation sites (tertiary alicyclic amines) is 1. The van der Waals surface area contributed by atoms with E-state index in [2.05, 4.69) is 35.2 Å². The molecule has 1 N–H and O–H groups in total. The molecule has 1 spiro atoms. The molecule has 1 saturated heterocycles. The minimum Gasteiger partial charge on any atom is -0.490 e. The number of rotatable bonds is 7. The Balaban J connectivity index is 1.21. The number of carbonyl (C=O) groups is 1. The van der Waals surface area contributed by atoms with Crippen LogP contribution in [0.15, 0.2) is 42.5 Å². The van der Waals surface area contributed by atoms with Gasteiger partial charge in [-0.15, -0.1) is 0 Å². The number of hydrogen-bond donors (Lipinski definition) is 1. The number of aryl methyl sites for hydroxylation is 1. The smallest absolute Gasteiger partial charge is 0.174 e. The molecule has 7 rings (SSSR count). The molecule has 3 aliphatic carbocycles. The maximum Gasteiger partial charge on any atom is 0.174 e. The molecule has 0 radical (unpaired) electrons. The van der Waals surface area contributed by atoms with Crippen molar-refractivity contribution in [3.05, 3.63) is 59.2 Å². The van der Waals surface area contributed by atoms with E-state index >= 15 is 0 Å². The SMILES string of the molecule is O=C1CC[C@@]2(O)[C@H]3Cc4ccc(OCCCc5ccccc5)c5c4[C@@]2(CCN3CC2CC2)[C@H]1O5. The minimum atomic E-state index is -0.914. The molecule has 34 heavy (non-hydrogen) atoms. The lowest BCUT2D eigenvalue weighted by Crippen LogP contribution is -2.76. The maximum absolute atomic E-state index is 13.2. The zero-order chi connectivity index (χ0) is 22.9. The van der Waals surface area contributed by atoms with Gasteiger partial charge in [0, 0.05) is 24.6 Å². The predicted octanol–water partition coefficient (Wildman–Crippen LogP) is 3.83. The second kappa shape index (κ2) is 7.56. The zero-order valence-electron chi connectivity index (χ0n) is 19.7. The van der Waals surface area contributed by atoms with Gasteiger partial charge in [-0.05, 0) is 74.6 Å². The third-order valence-electron chi connectivity index (χ3n) is 9.25. The van der Waals surface area contributed by atoms with Crippen LogP contribution < -0.4 is 9.47 Å². The summed E-state index contributed by atoms with van der Waals surface area (Å²) in [6.45, 7) is 2.60. The van der Waals surface area contributed by atoms with Gasteiger partial charge in [-0.1, -0.05) is 36.4 Å². The summed E-state index contributed by atoms with van der Waals surface area (Å²) < 4.78 is 12.7. The normalized spacial score (nSPS) is 33.4. The second-order valence-electron chi connectivity index (χ2n) is 11.1. The van der Waals surface area contributed by atoms with Gasteiger partial charge in [0.15, 0.2) is 23.4 Å². The van der Waals surface area contributed by atoms with Crippen LogP contribution >= 0.6 is 0 Å². The maximum atomic E-state index is 13.2. The number of aliphatic hydroxyl groups is 1. The number of carbonyl (C=O) groups excluding carboxylic acids is 1. The van der Waals surface area contributed by atoms with Crippen LogP contribution in [0, 0.1) is 5.92 Å². The number of benzene rings is 2.